The molecule has 0 aromatic heterocycles. The lowest BCUT2D eigenvalue weighted by atomic mass is 10.1. The van der Waals surface area contributed by atoms with Gasteiger partial charge in [-0.25, -0.2) is 0 Å². The fraction of sp³-hybridized carbons (Fsp3) is 0.467. The molecule has 0 aliphatic carbocycles. The lowest BCUT2D eigenvalue weighted by Crippen LogP contribution is -2.47. The number of carbonyl (C=O) groups excluding carboxylic acids is 2. The first-order valence-corrected chi connectivity index (χ1v) is 7.33. The molecule has 22 heavy (non-hydrogen) atoms. The minimum atomic E-state index is -0.596. The van der Waals surface area contributed by atoms with Gasteiger partial charge in [-0.15, -0.1) is 12.4 Å². The van der Waals surface area contributed by atoms with Crippen molar-refractivity contribution in [3.8, 4) is 0 Å². The van der Waals surface area contributed by atoms with E-state index in [0.29, 0.717) is 18.0 Å². The SMILES string of the molecule is CC(C)[C@H](N)C(=O)NCC(=O)NCCc1ccccc1Cl.Cl. The first-order valence-electron chi connectivity index (χ1n) is 6.95. The van der Waals surface area contributed by atoms with Gasteiger partial charge >= 0.3 is 0 Å². The van der Waals surface area contributed by atoms with Gasteiger partial charge in [-0.3, -0.25) is 9.59 Å². The number of nitrogens with one attached hydrogen (secondary N) is 2. The van der Waals surface area contributed by atoms with Crippen LogP contribution in [0.5, 0.6) is 0 Å². The highest BCUT2D eigenvalue weighted by atomic mass is 35.5. The van der Waals surface area contributed by atoms with Crippen molar-refractivity contribution in [2.45, 2.75) is 26.3 Å². The Morgan fingerprint density at radius 1 is 1.23 bits per heavy atom. The summed E-state index contributed by atoms with van der Waals surface area (Å²) in [5.41, 5.74) is 6.66. The first kappa shape index (κ1) is 20.7. The number of benzene rings is 1. The van der Waals surface area contributed by atoms with Crippen LogP contribution in [0.15, 0.2) is 24.3 Å². The molecule has 0 saturated carbocycles. The van der Waals surface area contributed by atoms with E-state index in [1.165, 1.54) is 0 Å². The maximum Gasteiger partial charge on any atom is 0.239 e. The molecule has 4 N–H and O–H groups in total. The number of carbonyl (C=O) groups is 2. The van der Waals surface area contributed by atoms with Crippen molar-refractivity contribution in [2.24, 2.45) is 11.7 Å². The Hall–Kier alpha value is -1.30. The van der Waals surface area contributed by atoms with E-state index in [2.05, 4.69) is 10.6 Å². The summed E-state index contributed by atoms with van der Waals surface area (Å²) in [6.07, 6.45) is 0.644. The van der Waals surface area contributed by atoms with E-state index in [1.54, 1.807) is 0 Å². The van der Waals surface area contributed by atoms with Crippen LogP contribution in [0.1, 0.15) is 19.4 Å². The number of rotatable bonds is 7. The molecule has 5 nitrogen and oxygen atoms in total. The molecule has 2 amide bonds. The van der Waals surface area contributed by atoms with Crippen molar-refractivity contribution in [3.05, 3.63) is 34.9 Å². The fourth-order valence-electron chi connectivity index (χ4n) is 1.69. The predicted molar refractivity (Wildman–Crippen MR) is 91.2 cm³/mol. The highest BCUT2D eigenvalue weighted by molar-refractivity contribution is 6.31. The lowest BCUT2D eigenvalue weighted by Gasteiger charge is -2.15. The van der Waals surface area contributed by atoms with Crippen LogP contribution in [-0.2, 0) is 16.0 Å². The molecule has 124 valence electrons. The molecule has 0 fully saturated rings. The molecule has 0 aliphatic heterocycles. The average molecular weight is 348 g/mol. The Bertz CT molecular complexity index is 495. The van der Waals surface area contributed by atoms with Crippen LogP contribution in [0.3, 0.4) is 0 Å². The van der Waals surface area contributed by atoms with Gasteiger partial charge in [-0.05, 0) is 24.0 Å². The van der Waals surface area contributed by atoms with Gasteiger partial charge in [0.05, 0.1) is 12.6 Å². The van der Waals surface area contributed by atoms with Crippen LogP contribution in [0.25, 0.3) is 0 Å². The molecule has 0 bridgehead atoms. The summed E-state index contributed by atoms with van der Waals surface area (Å²) in [7, 11) is 0. The van der Waals surface area contributed by atoms with Crippen LogP contribution in [0.4, 0.5) is 0 Å². The van der Waals surface area contributed by atoms with Crippen molar-refractivity contribution in [1.29, 1.82) is 0 Å². The van der Waals surface area contributed by atoms with E-state index in [-0.39, 0.29) is 36.7 Å². The Kier molecular flexibility index (Phi) is 9.81. The molecule has 0 unspecified atom stereocenters. The van der Waals surface area contributed by atoms with Crippen LogP contribution in [0, 0.1) is 5.92 Å². The van der Waals surface area contributed by atoms with Crippen LogP contribution >= 0.6 is 24.0 Å². The molecule has 0 radical (unpaired) electrons. The van der Waals surface area contributed by atoms with Crippen molar-refractivity contribution in [2.75, 3.05) is 13.1 Å². The van der Waals surface area contributed by atoms with Gasteiger partial charge in [-0.2, -0.15) is 0 Å². The van der Waals surface area contributed by atoms with Crippen LogP contribution in [-0.4, -0.2) is 30.9 Å². The number of hydrogen-bond donors (Lipinski definition) is 3. The van der Waals surface area contributed by atoms with E-state index in [1.807, 2.05) is 38.1 Å². The lowest BCUT2D eigenvalue weighted by molar-refractivity contribution is -0.127. The zero-order valence-electron chi connectivity index (χ0n) is 12.8. The summed E-state index contributed by atoms with van der Waals surface area (Å²) >= 11 is 6.02. The third kappa shape index (κ3) is 7.11. The van der Waals surface area contributed by atoms with Gasteiger partial charge in [0.25, 0.3) is 0 Å². The smallest absolute Gasteiger partial charge is 0.239 e. The minimum absolute atomic E-state index is 0. The fourth-order valence-corrected chi connectivity index (χ4v) is 1.92. The molecule has 0 aliphatic rings. The molecule has 1 rings (SSSR count). The van der Waals surface area contributed by atoms with E-state index in [9.17, 15) is 9.59 Å². The van der Waals surface area contributed by atoms with Crippen molar-refractivity contribution >= 4 is 35.8 Å². The summed E-state index contributed by atoms with van der Waals surface area (Å²) in [6, 6.07) is 6.89. The van der Waals surface area contributed by atoms with Crippen molar-refractivity contribution < 1.29 is 9.59 Å². The minimum Gasteiger partial charge on any atom is -0.354 e. The zero-order valence-corrected chi connectivity index (χ0v) is 14.3. The Balaban J connectivity index is 0.00000441. The molecule has 1 aromatic carbocycles. The molecule has 7 heteroatoms. The number of amides is 2. The van der Waals surface area contributed by atoms with Gasteiger partial charge in [0.15, 0.2) is 0 Å². The number of halogens is 2. The Morgan fingerprint density at radius 2 is 1.86 bits per heavy atom. The molecular formula is C15H23Cl2N3O2. The second kappa shape index (κ2) is 10.4. The zero-order chi connectivity index (χ0) is 15.8. The van der Waals surface area contributed by atoms with Crippen LogP contribution in [0.2, 0.25) is 5.02 Å². The monoisotopic (exact) mass is 347 g/mol. The number of nitrogens with two attached hydrogens (primary N) is 1. The second-order valence-electron chi connectivity index (χ2n) is 5.18. The molecule has 0 spiro atoms. The summed E-state index contributed by atoms with van der Waals surface area (Å²) in [5, 5.41) is 5.93. The van der Waals surface area contributed by atoms with Crippen LogP contribution < -0.4 is 16.4 Å². The Labute approximate surface area is 142 Å². The molecule has 0 saturated heterocycles. The third-order valence-corrected chi connectivity index (χ3v) is 3.49. The maximum absolute atomic E-state index is 11.6. The number of hydrogen-bond acceptors (Lipinski definition) is 3. The predicted octanol–water partition coefficient (Wildman–Crippen LogP) is 1.52. The summed E-state index contributed by atoms with van der Waals surface area (Å²) in [5.74, 6) is -0.522. The van der Waals surface area contributed by atoms with Gasteiger partial charge < -0.3 is 16.4 Å². The quantitative estimate of drug-likeness (QED) is 0.699. The molecule has 1 atom stereocenters. The molecule has 0 heterocycles. The van der Waals surface area contributed by atoms with Gasteiger partial charge in [0.2, 0.25) is 11.8 Å². The van der Waals surface area contributed by atoms with Gasteiger partial charge in [-0.1, -0.05) is 43.6 Å². The van der Waals surface area contributed by atoms with E-state index >= 15 is 0 Å². The van der Waals surface area contributed by atoms with E-state index < -0.39 is 6.04 Å². The van der Waals surface area contributed by atoms with E-state index in [4.69, 9.17) is 17.3 Å². The highest BCUT2D eigenvalue weighted by Crippen LogP contribution is 2.14. The van der Waals surface area contributed by atoms with Gasteiger partial charge in [0, 0.05) is 11.6 Å². The summed E-state index contributed by atoms with van der Waals surface area (Å²) in [6.45, 7) is 4.11. The van der Waals surface area contributed by atoms with Crippen molar-refractivity contribution in [1.82, 2.24) is 10.6 Å². The first-order chi connectivity index (χ1) is 9.91. The maximum atomic E-state index is 11.6. The Morgan fingerprint density at radius 3 is 2.45 bits per heavy atom. The standard InChI is InChI=1S/C15H22ClN3O2.ClH/c1-10(2)14(17)15(21)19-9-13(20)18-8-7-11-5-3-4-6-12(11)16;/h3-6,10,14H,7-9,17H2,1-2H3,(H,18,20)(H,19,21);1H/t14-;/m0./s1. The average Bonchev–Trinajstić information content (AvgIpc) is 2.45. The van der Waals surface area contributed by atoms with Gasteiger partial charge in [0.1, 0.15) is 0 Å². The van der Waals surface area contributed by atoms with E-state index in [0.717, 1.165) is 5.56 Å². The largest absolute Gasteiger partial charge is 0.354 e. The van der Waals surface area contributed by atoms with Crippen molar-refractivity contribution in [3.63, 3.8) is 0 Å². The summed E-state index contributed by atoms with van der Waals surface area (Å²) < 4.78 is 0. The topological polar surface area (TPSA) is 84.2 Å². The molecule has 1 aromatic rings. The molecular weight excluding hydrogens is 325 g/mol. The second-order valence-corrected chi connectivity index (χ2v) is 5.59. The highest BCUT2D eigenvalue weighted by Gasteiger charge is 2.17. The third-order valence-electron chi connectivity index (χ3n) is 3.12. The summed E-state index contributed by atoms with van der Waals surface area (Å²) in [4.78, 5) is 23.2. The normalized spacial score (nSPS) is 11.5.